The maximum absolute atomic E-state index is 13.2. The number of carbonyl (C=O) groups is 2. The SMILES string of the molecule is CCCCCN(CC(=O)Nc1cc(C(C)(C)C)nn1-c1cccc(C)c1)C(=O)c1ccc(Br)cc1. The highest BCUT2D eigenvalue weighted by molar-refractivity contribution is 9.10. The number of anilines is 1. The van der Waals surface area contributed by atoms with Crippen LogP contribution in [0.2, 0.25) is 0 Å². The second kappa shape index (κ2) is 11.7. The molecule has 0 aliphatic heterocycles. The Hall–Kier alpha value is -2.93. The van der Waals surface area contributed by atoms with Crippen molar-refractivity contribution in [2.45, 2.75) is 59.3 Å². The number of amides is 2. The van der Waals surface area contributed by atoms with Gasteiger partial charge in [-0.2, -0.15) is 5.10 Å². The number of nitrogens with one attached hydrogen (secondary N) is 1. The van der Waals surface area contributed by atoms with Crippen molar-refractivity contribution in [1.29, 1.82) is 0 Å². The van der Waals surface area contributed by atoms with Crippen molar-refractivity contribution >= 4 is 33.6 Å². The van der Waals surface area contributed by atoms with E-state index in [1.807, 2.05) is 49.4 Å². The molecule has 2 amide bonds. The van der Waals surface area contributed by atoms with Gasteiger partial charge in [0, 0.05) is 28.1 Å². The zero-order valence-electron chi connectivity index (χ0n) is 21.3. The number of aryl methyl sites for hydroxylation is 1. The quantitative estimate of drug-likeness (QED) is 0.315. The molecule has 0 fully saturated rings. The maximum Gasteiger partial charge on any atom is 0.254 e. The lowest BCUT2D eigenvalue weighted by Gasteiger charge is -2.22. The molecule has 2 aromatic carbocycles. The molecule has 0 spiro atoms. The molecule has 3 aromatic rings. The highest BCUT2D eigenvalue weighted by atomic mass is 79.9. The van der Waals surface area contributed by atoms with E-state index in [1.54, 1.807) is 21.7 Å². The molecule has 35 heavy (non-hydrogen) atoms. The molecule has 0 aliphatic carbocycles. The Morgan fingerprint density at radius 1 is 1.06 bits per heavy atom. The van der Waals surface area contributed by atoms with E-state index in [1.165, 1.54) is 0 Å². The molecule has 0 unspecified atom stereocenters. The predicted octanol–water partition coefficient (Wildman–Crippen LogP) is 6.51. The molecule has 0 atom stereocenters. The second-order valence-electron chi connectivity index (χ2n) is 9.90. The van der Waals surface area contributed by atoms with Gasteiger partial charge in [0.2, 0.25) is 5.91 Å². The van der Waals surface area contributed by atoms with Crippen LogP contribution in [-0.4, -0.2) is 39.6 Å². The minimum atomic E-state index is -0.249. The summed E-state index contributed by atoms with van der Waals surface area (Å²) in [4.78, 5) is 28.0. The maximum atomic E-state index is 13.2. The van der Waals surface area contributed by atoms with E-state index in [-0.39, 0.29) is 23.8 Å². The Morgan fingerprint density at radius 2 is 1.77 bits per heavy atom. The average Bonchev–Trinajstić information content (AvgIpc) is 3.23. The first-order chi connectivity index (χ1) is 16.6. The van der Waals surface area contributed by atoms with Crippen LogP contribution in [0.4, 0.5) is 5.82 Å². The third kappa shape index (κ3) is 7.28. The first-order valence-electron chi connectivity index (χ1n) is 12.1. The summed E-state index contributed by atoms with van der Waals surface area (Å²) >= 11 is 3.41. The molecule has 0 saturated carbocycles. The van der Waals surface area contributed by atoms with Crippen LogP contribution in [0.1, 0.15) is 68.6 Å². The molecule has 0 radical (unpaired) electrons. The number of hydrogen-bond acceptors (Lipinski definition) is 3. The van der Waals surface area contributed by atoms with Crippen LogP contribution in [-0.2, 0) is 10.2 Å². The Balaban J connectivity index is 1.85. The zero-order chi connectivity index (χ0) is 25.6. The van der Waals surface area contributed by atoms with E-state index >= 15 is 0 Å². The summed E-state index contributed by atoms with van der Waals surface area (Å²) in [5.74, 6) is 0.197. The normalized spacial score (nSPS) is 11.4. The Kier molecular flexibility index (Phi) is 8.89. The molecule has 186 valence electrons. The molecule has 1 N–H and O–H groups in total. The number of unbranched alkanes of at least 4 members (excludes halogenated alkanes) is 2. The van der Waals surface area contributed by atoms with Gasteiger partial charge in [0.05, 0.1) is 11.4 Å². The van der Waals surface area contributed by atoms with Crippen molar-refractivity contribution in [3.05, 3.63) is 75.9 Å². The molecular formula is C28H35BrN4O2. The summed E-state index contributed by atoms with van der Waals surface area (Å²) in [5, 5.41) is 7.81. The van der Waals surface area contributed by atoms with Crippen LogP contribution in [0.5, 0.6) is 0 Å². The smallest absolute Gasteiger partial charge is 0.254 e. The lowest BCUT2D eigenvalue weighted by Crippen LogP contribution is -2.39. The number of aromatic nitrogens is 2. The summed E-state index contributed by atoms with van der Waals surface area (Å²) in [6.45, 7) is 10.9. The number of hydrogen-bond donors (Lipinski definition) is 1. The lowest BCUT2D eigenvalue weighted by atomic mass is 9.92. The van der Waals surface area contributed by atoms with E-state index < -0.39 is 0 Å². The summed E-state index contributed by atoms with van der Waals surface area (Å²) in [5.41, 5.74) is 3.24. The van der Waals surface area contributed by atoms with Gasteiger partial charge in [-0.15, -0.1) is 0 Å². The van der Waals surface area contributed by atoms with E-state index in [2.05, 4.69) is 48.9 Å². The zero-order valence-corrected chi connectivity index (χ0v) is 22.9. The third-order valence-corrected chi connectivity index (χ3v) is 6.26. The highest BCUT2D eigenvalue weighted by Crippen LogP contribution is 2.26. The van der Waals surface area contributed by atoms with E-state index in [0.29, 0.717) is 17.9 Å². The van der Waals surface area contributed by atoms with Gasteiger partial charge in [-0.25, -0.2) is 4.68 Å². The summed E-state index contributed by atoms with van der Waals surface area (Å²) in [6.07, 6.45) is 2.89. The molecule has 0 bridgehead atoms. The van der Waals surface area contributed by atoms with E-state index in [9.17, 15) is 9.59 Å². The van der Waals surface area contributed by atoms with Crippen LogP contribution in [0, 0.1) is 6.92 Å². The number of nitrogens with zero attached hydrogens (tertiary/aromatic N) is 3. The molecule has 0 aliphatic rings. The molecule has 1 aromatic heterocycles. The van der Waals surface area contributed by atoms with Gasteiger partial charge in [0.25, 0.3) is 5.91 Å². The molecule has 7 heteroatoms. The number of halogens is 1. The number of carbonyl (C=O) groups excluding carboxylic acids is 2. The monoisotopic (exact) mass is 538 g/mol. The molecule has 3 rings (SSSR count). The summed E-state index contributed by atoms with van der Waals surface area (Å²) in [7, 11) is 0. The summed E-state index contributed by atoms with van der Waals surface area (Å²) in [6, 6.07) is 17.1. The van der Waals surface area contributed by atoms with Crippen LogP contribution in [0.15, 0.2) is 59.1 Å². The average molecular weight is 540 g/mol. The standard InChI is InChI=1S/C28H35BrN4O2/c1-6-7-8-16-32(27(35)21-12-14-22(29)15-13-21)19-26(34)30-25-18-24(28(3,4)5)31-33(25)23-11-9-10-20(2)17-23/h9-15,17-18H,6-8,16,19H2,1-5H3,(H,30,34). The highest BCUT2D eigenvalue weighted by Gasteiger charge is 2.23. The first kappa shape index (κ1) is 26.7. The summed E-state index contributed by atoms with van der Waals surface area (Å²) < 4.78 is 2.67. The van der Waals surface area contributed by atoms with Crippen LogP contribution in [0.25, 0.3) is 5.69 Å². The minimum Gasteiger partial charge on any atom is -0.329 e. The molecule has 6 nitrogen and oxygen atoms in total. The van der Waals surface area contributed by atoms with Crippen molar-refractivity contribution < 1.29 is 9.59 Å². The van der Waals surface area contributed by atoms with Gasteiger partial charge in [0.1, 0.15) is 12.4 Å². The van der Waals surface area contributed by atoms with Crippen molar-refractivity contribution in [3.8, 4) is 5.69 Å². The van der Waals surface area contributed by atoms with Gasteiger partial charge in [-0.1, -0.05) is 68.6 Å². The number of rotatable bonds is 9. The Labute approximate surface area is 216 Å². The molecule has 1 heterocycles. The van der Waals surface area contributed by atoms with Crippen LogP contribution < -0.4 is 5.32 Å². The van der Waals surface area contributed by atoms with Gasteiger partial charge in [-0.05, 0) is 55.3 Å². The third-order valence-electron chi connectivity index (χ3n) is 5.74. The van der Waals surface area contributed by atoms with Crippen molar-refractivity contribution in [2.24, 2.45) is 0 Å². The fourth-order valence-electron chi connectivity index (χ4n) is 3.73. The largest absolute Gasteiger partial charge is 0.329 e. The molecule has 0 saturated heterocycles. The van der Waals surface area contributed by atoms with Gasteiger partial charge in [0.15, 0.2) is 0 Å². The van der Waals surface area contributed by atoms with Crippen molar-refractivity contribution in [1.82, 2.24) is 14.7 Å². The fraction of sp³-hybridized carbons (Fsp3) is 0.393. The van der Waals surface area contributed by atoms with Crippen LogP contribution >= 0.6 is 15.9 Å². The van der Waals surface area contributed by atoms with Gasteiger partial charge >= 0.3 is 0 Å². The second-order valence-corrected chi connectivity index (χ2v) is 10.8. The van der Waals surface area contributed by atoms with Gasteiger partial charge < -0.3 is 10.2 Å². The Bertz CT molecular complexity index is 1160. The first-order valence-corrected chi connectivity index (χ1v) is 12.9. The van der Waals surface area contributed by atoms with E-state index in [0.717, 1.165) is 40.7 Å². The minimum absolute atomic E-state index is 0.0253. The molecular weight excluding hydrogens is 504 g/mol. The van der Waals surface area contributed by atoms with E-state index in [4.69, 9.17) is 5.10 Å². The Morgan fingerprint density at radius 3 is 2.40 bits per heavy atom. The number of benzene rings is 2. The topological polar surface area (TPSA) is 67.2 Å². The van der Waals surface area contributed by atoms with Crippen molar-refractivity contribution in [2.75, 3.05) is 18.4 Å². The fourth-order valence-corrected chi connectivity index (χ4v) is 3.99. The van der Waals surface area contributed by atoms with Crippen molar-refractivity contribution in [3.63, 3.8) is 0 Å². The predicted molar refractivity (Wildman–Crippen MR) is 145 cm³/mol. The lowest BCUT2D eigenvalue weighted by molar-refractivity contribution is -0.117. The van der Waals surface area contributed by atoms with Gasteiger partial charge in [-0.3, -0.25) is 9.59 Å². The van der Waals surface area contributed by atoms with Crippen LogP contribution in [0.3, 0.4) is 0 Å².